The van der Waals surface area contributed by atoms with E-state index in [-0.39, 0.29) is 17.9 Å². The first-order valence-corrected chi connectivity index (χ1v) is 11.3. The van der Waals surface area contributed by atoms with E-state index in [9.17, 15) is 9.59 Å². The molecule has 2 aromatic carbocycles. The molecule has 0 aromatic heterocycles. The number of methoxy groups -OCH3 is 2. The summed E-state index contributed by atoms with van der Waals surface area (Å²) in [6.07, 6.45) is 1.33. The molecule has 0 saturated carbocycles. The van der Waals surface area contributed by atoms with Gasteiger partial charge in [0.1, 0.15) is 0 Å². The van der Waals surface area contributed by atoms with E-state index in [0.29, 0.717) is 53.7 Å². The molecule has 2 aromatic rings. The van der Waals surface area contributed by atoms with Gasteiger partial charge in [-0.25, -0.2) is 5.01 Å². The van der Waals surface area contributed by atoms with Gasteiger partial charge in [-0.05, 0) is 63.1 Å². The van der Waals surface area contributed by atoms with Crippen LogP contribution in [0.3, 0.4) is 0 Å². The average Bonchev–Trinajstić information content (AvgIpc) is 3.07. The Morgan fingerprint density at radius 3 is 2.39 bits per heavy atom. The first-order chi connectivity index (χ1) is 15.8. The van der Waals surface area contributed by atoms with Gasteiger partial charge in [-0.2, -0.15) is 5.10 Å². The van der Waals surface area contributed by atoms with E-state index in [1.807, 2.05) is 36.9 Å². The molecule has 33 heavy (non-hydrogen) atoms. The Bertz CT molecular complexity index is 1110. The van der Waals surface area contributed by atoms with Crippen LogP contribution < -0.4 is 9.47 Å². The van der Waals surface area contributed by atoms with Crippen LogP contribution in [-0.2, 0) is 4.79 Å². The molecule has 2 heterocycles. The van der Waals surface area contributed by atoms with Crippen LogP contribution in [0.5, 0.6) is 11.5 Å². The summed E-state index contributed by atoms with van der Waals surface area (Å²) in [4.78, 5) is 28.0. The lowest BCUT2D eigenvalue weighted by Crippen LogP contribution is -2.47. The fourth-order valence-corrected chi connectivity index (χ4v) is 4.62. The number of carbonyl (C=O) groups excluding carboxylic acids is 2. The number of hydrogen-bond acceptors (Lipinski definition) is 5. The molecule has 2 amide bonds. The van der Waals surface area contributed by atoms with Gasteiger partial charge in [0, 0.05) is 29.2 Å². The van der Waals surface area contributed by atoms with Crippen molar-refractivity contribution < 1.29 is 19.1 Å². The molecule has 0 radical (unpaired) electrons. The topological polar surface area (TPSA) is 71.4 Å². The minimum atomic E-state index is -0.770. The van der Waals surface area contributed by atoms with Crippen LogP contribution in [0.25, 0.3) is 0 Å². The summed E-state index contributed by atoms with van der Waals surface area (Å²) < 4.78 is 10.8. The first kappa shape index (κ1) is 23.1. The third-order valence-electron chi connectivity index (χ3n) is 6.37. The van der Waals surface area contributed by atoms with Crippen LogP contribution in [-0.4, -0.2) is 60.8 Å². The molecule has 8 heteroatoms. The van der Waals surface area contributed by atoms with Crippen molar-refractivity contribution >= 4 is 29.1 Å². The molecular formula is C25H28ClN3O4. The smallest absolute Gasteiger partial charge is 0.254 e. The Kier molecular flexibility index (Phi) is 6.34. The number of hydrazone groups is 1. The zero-order valence-electron chi connectivity index (χ0n) is 19.3. The maximum absolute atomic E-state index is 13.3. The monoisotopic (exact) mass is 469 g/mol. The molecular weight excluding hydrogens is 442 g/mol. The summed E-state index contributed by atoms with van der Waals surface area (Å²) in [5.41, 5.74) is 1.33. The Morgan fingerprint density at radius 1 is 1.06 bits per heavy atom. The minimum absolute atomic E-state index is 0.0353. The van der Waals surface area contributed by atoms with Crippen LogP contribution in [0.4, 0.5) is 0 Å². The highest BCUT2D eigenvalue weighted by Gasteiger charge is 2.47. The van der Waals surface area contributed by atoms with Crippen molar-refractivity contribution in [2.45, 2.75) is 32.7 Å². The maximum Gasteiger partial charge on any atom is 0.254 e. The second-order valence-electron chi connectivity index (χ2n) is 8.83. The summed E-state index contributed by atoms with van der Waals surface area (Å²) in [5, 5.41) is 6.93. The van der Waals surface area contributed by atoms with Gasteiger partial charge < -0.3 is 14.4 Å². The molecule has 0 bridgehead atoms. The molecule has 174 valence electrons. The Hall–Kier alpha value is -3.06. The van der Waals surface area contributed by atoms with Crippen molar-refractivity contribution in [1.29, 1.82) is 0 Å². The predicted molar refractivity (Wildman–Crippen MR) is 127 cm³/mol. The summed E-state index contributed by atoms with van der Waals surface area (Å²) in [6, 6.07) is 12.5. The largest absolute Gasteiger partial charge is 0.493 e. The van der Waals surface area contributed by atoms with Gasteiger partial charge in [0.2, 0.25) is 0 Å². The number of benzene rings is 2. The fourth-order valence-electron chi connectivity index (χ4n) is 4.43. The van der Waals surface area contributed by atoms with Crippen LogP contribution in [0.15, 0.2) is 47.6 Å². The lowest BCUT2D eigenvalue weighted by atomic mass is 9.83. The Labute approximate surface area is 198 Å². The van der Waals surface area contributed by atoms with E-state index in [2.05, 4.69) is 0 Å². The molecule has 1 saturated heterocycles. The summed E-state index contributed by atoms with van der Waals surface area (Å²) in [6.45, 7) is 4.90. The SMILES string of the molecule is COc1ccc(C2=NN(C3CCN(C(=O)c4cccc(Cl)c4)CC3)C(=O)C2(C)C)cc1OC. The van der Waals surface area contributed by atoms with Gasteiger partial charge in [0.15, 0.2) is 11.5 Å². The van der Waals surface area contributed by atoms with E-state index >= 15 is 0 Å². The van der Waals surface area contributed by atoms with Crippen LogP contribution >= 0.6 is 11.6 Å². The minimum Gasteiger partial charge on any atom is -0.493 e. The van der Waals surface area contributed by atoms with Crippen LogP contribution in [0.1, 0.15) is 42.6 Å². The quantitative estimate of drug-likeness (QED) is 0.656. The number of rotatable bonds is 5. The fraction of sp³-hybridized carbons (Fsp3) is 0.400. The number of halogens is 1. The number of likely N-dealkylation sites (tertiary alicyclic amines) is 1. The van der Waals surface area contributed by atoms with Gasteiger partial charge in [-0.3, -0.25) is 9.59 Å². The van der Waals surface area contributed by atoms with E-state index in [0.717, 1.165) is 5.56 Å². The summed E-state index contributed by atoms with van der Waals surface area (Å²) in [5.74, 6) is 1.13. The lowest BCUT2D eigenvalue weighted by Gasteiger charge is -2.35. The van der Waals surface area contributed by atoms with Crippen LogP contribution in [0, 0.1) is 5.41 Å². The normalized spacial score (nSPS) is 18.3. The molecule has 1 fully saturated rings. The molecule has 2 aliphatic rings. The lowest BCUT2D eigenvalue weighted by molar-refractivity contribution is -0.137. The molecule has 4 rings (SSSR count). The molecule has 0 aliphatic carbocycles. The van der Waals surface area contributed by atoms with Crippen molar-refractivity contribution in [3.63, 3.8) is 0 Å². The Morgan fingerprint density at radius 2 is 1.76 bits per heavy atom. The summed E-state index contributed by atoms with van der Waals surface area (Å²) in [7, 11) is 3.17. The van der Waals surface area contributed by atoms with E-state index in [4.69, 9.17) is 26.2 Å². The van der Waals surface area contributed by atoms with Crippen molar-refractivity contribution in [2.75, 3.05) is 27.3 Å². The molecule has 0 atom stereocenters. The third-order valence-corrected chi connectivity index (χ3v) is 6.60. The van der Waals surface area contributed by atoms with Crippen LogP contribution in [0.2, 0.25) is 5.02 Å². The van der Waals surface area contributed by atoms with E-state index in [1.54, 1.807) is 43.5 Å². The first-order valence-electron chi connectivity index (χ1n) is 11.0. The van der Waals surface area contributed by atoms with Crippen molar-refractivity contribution in [1.82, 2.24) is 9.91 Å². The Balaban J connectivity index is 1.51. The summed E-state index contributed by atoms with van der Waals surface area (Å²) >= 11 is 6.04. The van der Waals surface area contributed by atoms with Crippen molar-refractivity contribution in [3.05, 3.63) is 58.6 Å². The third kappa shape index (κ3) is 4.29. The number of hydrogen-bond donors (Lipinski definition) is 0. The zero-order chi connectivity index (χ0) is 23.8. The van der Waals surface area contributed by atoms with E-state index < -0.39 is 5.41 Å². The highest BCUT2D eigenvalue weighted by molar-refractivity contribution is 6.31. The predicted octanol–water partition coefficient (Wildman–Crippen LogP) is 4.23. The van der Waals surface area contributed by atoms with Gasteiger partial charge in [-0.1, -0.05) is 17.7 Å². The van der Waals surface area contributed by atoms with Gasteiger partial charge in [0.05, 0.1) is 31.4 Å². The maximum atomic E-state index is 13.3. The number of ether oxygens (including phenoxy) is 2. The highest BCUT2D eigenvalue weighted by atomic mass is 35.5. The number of nitrogens with zero attached hydrogens (tertiary/aromatic N) is 3. The van der Waals surface area contributed by atoms with Gasteiger partial charge >= 0.3 is 0 Å². The van der Waals surface area contributed by atoms with Crippen molar-refractivity contribution in [2.24, 2.45) is 10.5 Å². The molecule has 7 nitrogen and oxygen atoms in total. The zero-order valence-corrected chi connectivity index (χ0v) is 20.1. The second-order valence-corrected chi connectivity index (χ2v) is 9.26. The number of carbonyl (C=O) groups is 2. The standard InChI is InChI=1S/C25H28ClN3O4/c1-25(2)22(16-8-9-20(32-3)21(15-16)33-4)27-29(24(25)31)19-10-12-28(13-11-19)23(30)17-6-5-7-18(26)14-17/h5-9,14-15,19H,10-13H2,1-4H3. The van der Waals surface area contributed by atoms with Crippen molar-refractivity contribution in [3.8, 4) is 11.5 Å². The molecule has 0 N–H and O–H groups in total. The van der Waals surface area contributed by atoms with E-state index in [1.165, 1.54) is 0 Å². The van der Waals surface area contributed by atoms with Gasteiger partial charge in [0.25, 0.3) is 11.8 Å². The average molecular weight is 470 g/mol. The van der Waals surface area contributed by atoms with Gasteiger partial charge in [-0.15, -0.1) is 0 Å². The number of piperidine rings is 1. The highest BCUT2D eigenvalue weighted by Crippen LogP contribution is 2.37. The second kappa shape index (κ2) is 9.06. The molecule has 0 spiro atoms. The molecule has 0 unspecified atom stereocenters. The number of amides is 2. The molecule has 2 aliphatic heterocycles.